The van der Waals surface area contributed by atoms with E-state index in [4.69, 9.17) is 9.26 Å². The second-order valence-corrected chi connectivity index (χ2v) is 6.85. The number of hydrogen-bond donors (Lipinski definition) is 1. The van der Waals surface area contributed by atoms with Crippen LogP contribution in [0.15, 0.2) is 22.7 Å². The van der Waals surface area contributed by atoms with Crippen LogP contribution in [-0.2, 0) is 21.4 Å². The van der Waals surface area contributed by atoms with Gasteiger partial charge in [0.05, 0.1) is 18.4 Å². The molecule has 1 aromatic carbocycles. The zero-order chi connectivity index (χ0) is 18.6. The van der Waals surface area contributed by atoms with Crippen LogP contribution < -0.4 is 5.32 Å². The van der Waals surface area contributed by atoms with E-state index in [0.29, 0.717) is 29.4 Å². The number of carbonyl (C=O) groups is 2. The number of rotatable bonds is 5. The molecule has 0 aliphatic carbocycles. The molecule has 7 nitrogen and oxygen atoms in total. The lowest BCUT2D eigenvalue weighted by Crippen LogP contribution is -2.16. The predicted molar refractivity (Wildman–Crippen MR) is 92.5 cm³/mol. The molecule has 0 bridgehead atoms. The molecule has 1 heterocycles. The number of hydrogen-bond acceptors (Lipinski definition) is 6. The summed E-state index contributed by atoms with van der Waals surface area (Å²) in [7, 11) is 1.30. The normalized spacial score (nSPS) is 11.2. The fraction of sp³-hybridized carbons (Fsp3) is 0.444. The molecule has 1 aromatic heterocycles. The number of nitrogens with one attached hydrogen (secondary N) is 1. The smallest absolute Gasteiger partial charge is 0.339 e. The first-order chi connectivity index (χ1) is 11.7. The second-order valence-electron chi connectivity index (χ2n) is 6.85. The summed E-state index contributed by atoms with van der Waals surface area (Å²) < 4.78 is 9.93. The Hall–Kier alpha value is -2.70. The number of ether oxygens (including phenoxy) is 1. The predicted octanol–water partition coefficient (Wildman–Crippen LogP) is 3.03. The Kier molecular flexibility index (Phi) is 5.56. The lowest BCUT2D eigenvalue weighted by Gasteiger charge is -2.11. The van der Waals surface area contributed by atoms with E-state index in [1.807, 2.05) is 33.8 Å². The number of anilines is 1. The molecule has 2 rings (SSSR count). The van der Waals surface area contributed by atoms with Gasteiger partial charge in [-0.05, 0) is 19.1 Å². The van der Waals surface area contributed by atoms with Crippen LogP contribution in [0.25, 0.3) is 0 Å². The molecule has 1 amide bonds. The third-order valence-electron chi connectivity index (χ3n) is 3.56. The van der Waals surface area contributed by atoms with E-state index in [1.54, 1.807) is 12.1 Å². The van der Waals surface area contributed by atoms with Crippen LogP contribution in [0, 0.1) is 6.92 Å². The minimum absolute atomic E-state index is 0.167. The maximum atomic E-state index is 12.2. The van der Waals surface area contributed by atoms with Crippen molar-refractivity contribution in [2.45, 2.75) is 46.0 Å². The monoisotopic (exact) mass is 345 g/mol. The molecule has 0 fully saturated rings. The molecule has 7 heteroatoms. The van der Waals surface area contributed by atoms with Crippen molar-refractivity contribution in [3.63, 3.8) is 0 Å². The van der Waals surface area contributed by atoms with E-state index in [0.717, 1.165) is 5.56 Å². The number of aromatic nitrogens is 2. The van der Waals surface area contributed by atoms with Crippen molar-refractivity contribution in [2.24, 2.45) is 0 Å². The Balaban J connectivity index is 2.01. The molecule has 0 unspecified atom stereocenters. The molecule has 2 aromatic rings. The maximum absolute atomic E-state index is 12.2. The summed E-state index contributed by atoms with van der Waals surface area (Å²) in [6.45, 7) is 7.82. The highest BCUT2D eigenvalue weighted by Crippen LogP contribution is 2.20. The highest BCUT2D eigenvalue weighted by atomic mass is 16.5. The molecule has 0 atom stereocenters. The molecule has 1 N–H and O–H groups in total. The summed E-state index contributed by atoms with van der Waals surface area (Å²) in [6.07, 6.45) is 0.495. The zero-order valence-corrected chi connectivity index (χ0v) is 15.2. The van der Waals surface area contributed by atoms with Gasteiger partial charge in [0.2, 0.25) is 11.8 Å². The van der Waals surface area contributed by atoms with Gasteiger partial charge in [0.25, 0.3) is 0 Å². The van der Waals surface area contributed by atoms with Crippen molar-refractivity contribution in [2.75, 3.05) is 12.4 Å². The van der Waals surface area contributed by atoms with E-state index in [9.17, 15) is 9.59 Å². The van der Waals surface area contributed by atoms with E-state index < -0.39 is 5.97 Å². The number of amides is 1. The third kappa shape index (κ3) is 4.89. The number of aryl methyl sites for hydroxylation is 2. The molecule has 0 aliphatic heterocycles. The quantitative estimate of drug-likeness (QED) is 0.837. The van der Waals surface area contributed by atoms with Gasteiger partial charge in [-0.3, -0.25) is 4.79 Å². The Morgan fingerprint density at radius 3 is 2.60 bits per heavy atom. The minimum atomic E-state index is -0.495. The number of carbonyl (C=O) groups excluding carboxylic acids is 2. The fourth-order valence-corrected chi connectivity index (χ4v) is 2.14. The second kappa shape index (κ2) is 7.46. The van der Waals surface area contributed by atoms with Crippen LogP contribution in [0.3, 0.4) is 0 Å². The third-order valence-corrected chi connectivity index (χ3v) is 3.56. The van der Waals surface area contributed by atoms with Gasteiger partial charge in [0, 0.05) is 18.3 Å². The molecular weight excluding hydrogens is 322 g/mol. The maximum Gasteiger partial charge on any atom is 0.339 e. The first-order valence-electron chi connectivity index (χ1n) is 8.02. The first-order valence-corrected chi connectivity index (χ1v) is 8.02. The van der Waals surface area contributed by atoms with Gasteiger partial charge in [-0.15, -0.1) is 0 Å². The highest BCUT2D eigenvalue weighted by Gasteiger charge is 2.21. The van der Waals surface area contributed by atoms with Gasteiger partial charge in [-0.2, -0.15) is 4.98 Å². The van der Waals surface area contributed by atoms with Crippen molar-refractivity contribution in [3.8, 4) is 0 Å². The minimum Gasteiger partial charge on any atom is -0.465 e. The van der Waals surface area contributed by atoms with Crippen molar-refractivity contribution >= 4 is 17.6 Å². The highest BCUT2D eigenvalue weighted by molar-refractivity contribution is 6.01. The van der Waals surface area contributed by atoms with Crippen LogP contribution in [0.4, 0.5) is 5.69 Å². The molecule has 0 saturated heterocycles. The van der Waals surface area contributed by atoms with Crippen LogP contribution in [-0.4, -0.2) is 29.1 Å². The molecule has 25 heavy (non-hydrogen) atoms. The summed E-state index contributed by atoms with van der Waals surface area (Å²) in [5.74, 6) is 0.279. The molecular formula is C18H23N3O4. The average Bonchev–Trinajstić information content (AvgIpc) is 3.03. The lowest BCUT2D eigenvalue weighted by atomic mass is 9.96. The summed E-state index contributed by atoms with van der Waals surface area (Å²) in [5.41, 5.74) is 1.44. The first kappa shape index (κ1) is 18.6. The summed E-state index contributed by atoms with van der Waals surface area (Å²) in [4.78, 5) is 28.3. The Morgan fingerprint density at radius 2 is 2.00 bits per heavy atom. The van der Waals surface area contributed by atoms with Crippen molar-refractivity contribution in [1.82, 2.24) is 10.1 Å². The van der Waals surface area contributed by atoms with Crippen molar-refractivity contribution in [3.05, 3.63) is 41.0 Å². The number of benzene rings is 1. The van der Waals surface area contributed by atoms with Crippen molar-refractivity contribution in [1.29, 1.82) is 0 Å². The molecule has 134 valence electrons. The van der Waals surface area contributed by atoms with Crippen LogP contribution in [0.2, 0.25) is 0 Å². The number of methoxy groups -OCH3 is 1. The molecule has 0 radical (unpaired) electrons. The fourth-order valence-electron chi connectivity index (χ4n) is 2.14. The van der Waals surface area contributed by atoms with E-state index in [-0.39, 0.29) is 17.7 Å². The molecule has 0 aliphatic rings. The van der Waals surface area contributed by atoms with E-state index in [1.165, 1.54) is 7.11 Å². The Morgan fingerprint density at radius 1 is 1.28 bits per heavy atom. The number of esters is 1. The molecule has 0 saturated carbocycles. The zero-order valence-electron chi connectivity index (χ0n) is 15.2. The topological polar surface area (TPSA) is 94.3 Å². The van der Waals surface area contributed by atoms with Crippen LogP contribution in [0.5, 0.6) is 0 Å². The Labute approximate surface area is 146 Å². The van der Waals surface area contributed by atoms with Crippen LogP contribution >= 0.6 is 0 Å². The average molecular weight is 345 g/mol. The Bertz CT molecular complexity index is 775. The lowest BCUT2D eigenvalue weighted by molar-refractivity contribution is -0.116. The van der Waals surface area contributed by atoms with Gasteiger partial charge in [0.15, 0.2) is 5.82 Å². The largest absolute Gasteiger partial charge is 0.465 e. The SMILES string of the molecule is COC(=O)c1cc(C)ccc1NC(=O)CCc1nc(C(C)(C)C)no1. The summed E-state index contributed by atoms with van der Waals surface area (Å²) in [6, 6.07) is 5.18. The van der Waals surface area contributed by atoms with E-state index >= 15 is 0 Å². The van der Waals surface area contributed by atoms with Gasteiger partial charge in [-0.1, -0.05) is 37.6 Å². The van der Waals surface area contributed by atoms with Crippen LogP contribution in [0.1, 0.15) is 54.8 Å². The summed E-state index contributed by atoms with van der Waals surface area (Å²) in [5, 5.41) is 6.66. The summed E-state index contributed by atoms with van der Waals surface area (Å²) >= 11 is 0. The van der Waals surface area contributed by atoms with Gasteiger partial charge in [0.1, 0.15) is 0 Å². The molecule has 0 spiro atoms. The van der Waals surface area contributed by atoms with Gasteiger partial charge < -0.3 is 14.6 Å². The van der Waals surface area contributed by atoms with Gasteiger partial charge >= 0.3 is 5.97 Å². The van der Waals surface area contributed by atoms with E-state index in [2.05, 4.69) is 15.5 Å². The standard InChI is InChI=1S/C18H23N3O4/c1-11-6-7-13(12(10-11)16(23)24-5)19-14(22)8-9-15-20-17(21-25-15)18(2,3)4/h6-7,10H,8-9H2,1-5H3,(H,19,22). The number of nitrogens with zero attached hydrogens (tertiary/aromatic N) is 2. The van der Waals surface area contributed by atoms with Crippen molar-refractivity contribution < 1.29 is 18.8 Å². The van der Waals surface area contributed by atoms with Gasteiger partial charge in [-0.25, -0.2) is 4.79 Å².